The quantitative estimate of drug-likeness (QED) is 0.177. The predicted octanol–water partition coefficient (Wildman–Crippen LogP) is 2.83. The van der Waals surface area contributed by atoms with Crippen molar-refractivity contribution < 1.29 is 27.1 Å². The normalized spacial score (nSPS) is 23.5. The number of methoxy groups -OCH3 is 1. The number of rotatable bonds is 12. The average Bonchev–Trinajstić information content (AvgIpc) is 3.58. The number of amides is 2. The van der Waals surface area contributed by atoms with Crippen LogP contribution in [-0.4, -0.2) is 75.0 Å². The first-order valence-corrected chi connectivity index (χ1v) is 15.0. The summed E-state index contributed by atoms with van der Waals surface area (Å²) in [6.45, 7) is 4.93. The molecule has 1 aliphatic carbocycles. The van der Waals surface area contributed by atoms with Crippen LogP contribution >= 0.6 is 0 Å². The summed E-state index contributed by atoms with van der Waals surface area (Å²) in [6.07, 6.45) is 12.3. The lowest BCUT2D eigenvalue weighted by Crippen LogP contribution is -2.52. The van der Waals surface area contributed by atoms with E-state index in [0.717, 1.165) is 24.2 Å². The Balaban J connectivity index is 1.55. The summed E-state index contributed by atoms with van der Waals surface area (Å²) >= 11 is 0. The third-order valence-electron chi connectivity index (χ3n) is 7.41. The number of carbonyl (C=O) groups is 2. The number of nitrogens with one attached hydrogen (secondary N) is 2. The van der Waals surface area contributed by atoms with Gasteiger partial charge in [-0.05, 0) is 82.5 Å². The number of nitrogens with zero attached hydrogens (tertiary/aromatic N) is 1. The van der Waals surface area contributed by atoms with Gasteiger partial charge in [0, 0.05) is 35.7 Å². The third kappa shape index (κ3) is 8.67. The molecule has 2 fully saturated rings. The number of terminal acetylenes is 1. The Morgan fingerprint density at radius 3 is 2.51 bits per heavy atom. The minimum atomic E-state index is -3.15. The molecule has 0 aromatic heterocycles. The summed E-state index contributed by atoms with van der Waals surface area (Å²) in [6, 6.07) is 4.30. The van der Waals surface area contributed by atoms with E-state index in [1.807, 2.05) is 19.1 Å². The van der Waals surface area contributed by atoms with Crippen LogP contribution in [0, 0.1) is 24.1 Å². The van der Waals surface area contributed by atoms with Crippen molar-refractivity contribution in [2.45, 2.75) is 51.1 Å². The molecule has 0 bridgehead atoms. The molecule has 0 radical (unpaired) electrons. The van der Waals surface area contributed by atoms with Gasteiger partial charge in [0.05, 0.1) is 24.4 Å². The molecule has 8 nitrogen and oxygen atoms in total. The largest absolute Gasteiger partial charge is 0.501 e. The Hall–Kier alpha value is -3.16. The van der Waals surface area contributed by atoms with Gasteiger partial charge in [-0.2, -0.15) is 0 Å². The first-order valence-electron chi connectivity index (χ1n) is 13.2. The molecule has 10 heteroatoms. The van der Waals surface area contributed by atoms with E-state index in [-0.39, 0.29) is 47.5 Å². The molecule has 39 heavy (non-hydrogen) atoms. The van der Waals surface area contributed by atoms with Crippen molar-refractivity contribution in [1.29, 1.82) is 0 Å². The van der Waals surface area contributed by atoms with Gasteiger partial charge >= 0.3 is 0 Å². The molecule has 1 aromatic carbocycles. The summed E-state index contributed by atoms with van der Waals surface area (Å²) in [5, 5.41) is 6.35. The average molecular weight is 560 g/mol. The number of allylic oxidation sites excluding steroid dienone is 3. The Morgan fingerprint density at radius 2 is 1.90 bits per heavy atom. The first kappa shape index (κ1) is 30.4. The van der Waals surface area contributed by atoms with E-state index >= 15 is 0 Å². The van der Waals surface area contributed by atoms with Gasteiger partial charge in [0.15, 0.2) is 9.84 Å². The molecular formula is C29H38FN3O5S. The van der Waals surface area contributed by atoms with E-state index in [1.54, 1.807) is 7.11 Å². The number of hydrogen-bond donors (Lipinski definition) is 2. The maximum atomic E-state index is 13.3. The number of ether oxygens (including phenoxy) is 1. The second-order valence-corrected chi connectivity index (χ2v) is 12.7. The number of unbranched alkanes of at least 4 members (excludes halogenated alkanes) is 1. The summed E-state index contributed by atoms with van der Waals surface area (Å²) in [5.41, 5.74) is 1.06. The zero-order chi connectivity index (χ0) is 28.6. The highest BCUT2D eigenvalue weighted by Crippen LogP contribution is 2.47. The molecule has 2 amide bonds. The van der Waals surface area contributed by atoms with Crippen molar-refractivity contribution in [1.82, 2.24) is 15.5 Å². The molecular weight excluding hydrogens is 521 g/mol. The van der Waals surface area contributed by atoms with Crippen LogP contribution in [0.15, 0.2) is 47.7 Å². The van der Waals surface area contributed by atoms with Crippen LogP contribution in [-0.2, 0) is 19.4 Å². The first-order chi connectivity index (χ1) is 18.5. The smallest absolute Gasteiger partial charge is 0.251 e. The molecule has 212 valence electrons. The molecule has 0 spiro atoms. The van der Waals surface area contributed by atoms with Gasteiger partial charge in [0.1, 0.15) is 11.9 Å². The van der Waals surface area contributed by atoms with Gasteiger partial charge < -0.3 is 20.3 Å². The molecule has 3 rings (SSSR count). The fourth-order valence-electron chi connectivity index (χ4n) is 4.65. The monoisotopic (exact) mass is 559 g/mol. The van der Waals surface area contributed by atoms with E-state index in [0.29, 0.717) is 19.4 Å². The molecule has 1 heterocycles. The lowest BCUT2D eigenvalue weighted by atomic mass is 10.1. The Kier molecular flexibility index (Phi) is 10.3. The minimum absolute atomic E-state index is 0.0873. The highest BCUT2D eigenvalue weighted by Gasteiger charge is 2.51. The van der Waals surface area contributed by atoms with Crippen molar-refractivity contribution in [3.63, 3.8) is 0 Å². The summed E-state index contributed by atoms with van der Waals surface area (Å²) in [7, 11) is -1.54. The number of sulfone groups is 1. The zero-order valence-corrected chi connectivity index (χ0v) is 23.7. The number of carbonyl (C=O) groups excluding carboxylic acids is 2. The van der Waals surface area contributed by atoms with Crippen LogP contribution in [0.5, 0.6) is 0 Å². The van der Waals surface area contributed by atoms with Crippen molar-refractivity contribution in [2.24, 2.45) is 5.92 Å². The van der Waals surface area contributed by atoms with Gasteiger partial charge in [-0.3, -0.25) is 9.59 Å². The Bertz CT molecular complexity index is 1240. The fraction of sp³-hybridized carbons (Fsp3) is 0.517. The Labute approximate surface area is 231 Å². The second kappa shape index (κ2) is 13.3. The SMILES string of the molecule is C#C/C(=C\C=C(/C)OC)[C@@H]1CC1(C)NCCCC[C@H](NC(=O)c1ccc(F)cc1)C(=O)N1CCS(=O)(=O)CC1. The van der Waals surface area contributed by atoms with Gasteiger partial charge in [-0.1, -0.05) is 5.92 Å². The van der Waals surface area contributed by atoms with Crippen LogP contribution in [0.4, 0.5) is 4.39 Å². The van der Waals surface area contributed by atoms with Crippen molar-refractivity contribution in [3.8, 4) is 12.3 Å². The lowest BCUT2D eigenvalue weighted by Gasteiger charge is -2.30. The van der Waals surface area contributed by atoms with Gasteiger partial charge in [0.25, 0.3) is 5.91 Å². The molecule has 2 N–H and O–H groups in total. The molecule has 1 saturated heterocycles. The number of halogens is 1. The van der Waals surface area contributed by atoms with Gasteiger partial charge in [-0.25, -0.2) is 12.8 Å². The summed E-state index contributed by atoms with van der Waals surface area (Å²) in [5.74, 6) is 2.39. The molecule has 1 unspecified atom stereocenters. The zero-order valence-electron chi connectivity index (χ0n) is 22.8. The van der Waals surface area contributed by atoms with E-state index in [4.69, 9.17) is 11.2 Å². The minimum Gasteiger partial charge on any atom is -0.501 e. The summed E-state index contributed by atoms with van der Waals surface area (Å²) < 4.78 is 42.1. The van der Waals surface area contributed by atoms with Crippen LogP contribution in [0.2, 0.25) is 0 Å². The van der Waals surface area contributed by atoms with Crippen LogP contribution < -0.4 is 10.6 Å². The van der Waals surface area contributed by atoms with Crippen molar-refractivity contribution >= 4 is 21.7 Å². The van der Waals surface area contributed by atoms with Crippen LogP contribution in [0.1, 0.15) is 49.9 Å². The van der Waals surface area contributed by atoms with Gasteiger partial charge in [-0.15, -0.1) is 6.42 Å². The highest BCUT2D eigenvalue weighted by atomic mass is 32.2. The Morgan fingerprint density at radius 1 is 1.23 bits per heavy atom. The van der Waals surface area contributed by atoms with E-state index in [2.05, 4.69) is 23.5 Å². The molecule has 3 atom stereocenters. The lowest BCUT2D eigenvalue weighted by molar-refractivity contribution is -0.133. The van der Waals surface area contributed by atoms with Crippen molar-refractivity contribution in [2.75, 3.05) is 38.2 Å². The number of benzene rings is 1. The van der Waals surface area contributed by atoms with Crippen molar-refractivity contribution in [3.05, 3.63) is 59.1 Å². The highest BCUT2D eigenvalue weighted by molar-refractivity contribution is 7.91. The second-order valence-electron chi connectivity index (χ2n) is 10.4. The predicted molar refractivity (Wildman–Crippen MR) is 149 cm³/mol. The van der Waals surface area contributed by atoms with Crippen LogP contribution in [0.25, 0.3) is 0 Å². The third-order valence-corrected chi connectivity index (χ3v) is 9.02. The summed E-state index contributed by atoms with van der Waals surface area (Å²) in [4.78, 5) is 27.5. The van der Waals surface area contributed by atoms with Gasteiger partial charge in [0.2, 0.25) is 5.91 Å². The van der Waals surface area contributed by atoms with E-state index in [1.165, 1.54) is 29.2 Å². The molecule has 1 saturated carbocycles. The molecule has 2 aliphatic rings. The maximum absolute atomic E-state index is 13.3. The number of hydrogen-bond acceptors (Lipinski definition) is 6. The molecule has 1 aromatic rings. The maximum Gasteiger partial charge on any atom is 0.251 e. The molecule has 1 aliphatic heterocycles. The van der Waals surface area contributed by atoms with Crippen LogP contribution in [0.3, 0.4) is 0 Å². The standard InChI is InChI=1S/C29H38FN3O5S/c1-5-22(10-9-21(2)38-4)25-20-29(25,3)31-15-7-6-8-26(28(35)33-16-18-39(36,37)19-17-33)32-27(34)23-11-13-24(30)14-12-23/h1,9-14,25-26,31H,6-8,15-20H2,2-4H3,(H,32,34)/b21-9+,22-10+/t25-,26-,29?/m0/s1. The topological polar surface area (TPSA) is 105 Å². The van der Waals surface area contributed by atoms with E-state index < -0.39 is 27.6 Å². The fourth-order valence-corrected chi connectivity index (χ4v) is 5.86. The van der Waals surface area contributed by atoms with E-state index in [9.17, 15) is 22.4 Å².